The zero-order chi connectivity index (χ0) is 15.1. The van der Waals surface area contributed by atoms with Gasteiger partial charge >= 0.3 is 6.03 Å². The highest BCUT2D eigenvalue weighted by Crippen LogP contribution is 2.33. The first-order chi connectivity index (χ1) is 10.7. The number of pyridine rings is 1. The van der Waals surface area contributed by atoms with Crippen LogP contribution in [0, 0.1) is 6.92 Å². The van der Waals surface area contributed by atoms with Gasteiger partial charge < -0.3 is 0 Å². The van der Waals surface area contributed by atoms with E-state index in [1.54, 1.807) is 22.2 Å². The molecule has 1 aromatic heterocycles. The maximum Gasteiger partial charge on any atom is 0.329 e. The number of rotatable bonds is 2. The number of halogens is 1. The fourth-order valence-corrected chi connectivity index (χ4v) is 2.87. The van der Waals surface area contributed by atoms with E-state index in [-0.39, 0.29) is 18.4 Å². The number of amides is 2. The monoisotopic (exact) mass is 329 g/mol. The van der Waals surface area contributed by atoms with Crippen molar-refractivity contribution in [3.8, 4) is 0 Å². The lowest BCUT2D eigenvalue weighted by atomic mass is 10.1. The second-order valence-corrected chi connectivity index (χ2v) is 5.46. The van der Waals surface area contributed by atoms with Gasteiger partial charge in [-0.25, -0.2) is 4.79 Å². The smallest absolute Gasteiger partial charge is 0.292 e. The van der Waals surface area contributed by atoms with Crippen molar-refractivity contribution in [3.63, 3.8) is 0 Å². The van der Waals surface area contributed by atoms with E-state index in [4.69, 9.17) is 0 Å². The number of fused-ring (bicyclic) bond motifs is 1. The van der Waals surface area contributed by atoms with E-state index in [0.717, 1.165) is 28.2 Å². The molecule has 0 saturated carbocycles. The van der Waals surface area contributed by atoms with E-state index in [1.807, 2.05) is 31.2 Å². The van der Waals surface area contributed by atoms with Crippen LogP contribution >= 0.6 is 12.4 Å². The first-order valence-corrected chi connectivity index (χ1v) is 7.24. The second kappa shape index (κ2) is 5.96. The van der Waals surface area contributed by atoms with Crippen LogP contribution in [0.1, 0.15) is 11.1 Å². The predicted octanol–water partition coefficient (Wildman–Crippen LogP) is 3.86. The molecule has 2 aliphatic rings. The summed E-state index contributed by atoms with van der Waals surface area (Å²) in [4.78, 5) is 20.4. The van der Waals surface area contributed by atoms with Crippen molar-refractivity contribution in [1.29, 1.82) is 0 Å². The summed E-state index contributed by atoms with van der Waals surface area (Å²) in [5, 5.41) is 8.13. The second-order valence-electron chi connectivity index (χ2n) is 5.46. The van der Waals surface area contributed by atoms with E-state index in [0.29, 0.717) is 19.6 Å². The SMILES string of the molecule is Cc1ccncc1N1CCN(c2ccc3c(c2)N=NC3)C1=O.Cl. The first kappa shape index (κ1) is 15.4. The number of benzene rings is 1. The van der Waals surface area contributed by atoms with Crippen LogP contribution in [0.15, 0.2) is 46.9 Å². The molecule has 0 aliphatic carbocycles. The maximum atomic E-state index is 12.7. The molecule has 0 N–H and O–H groups in total. The fourth-order valence-electron chi connectivity index (χ4n) is 2.87. The molecule has 0 radical (unpaired) electrons. The Hall–Kier alpha value is -2.47. The van der Waals surface area contributed by atoms with Gasteiger partial charge in [0.15, 0.2) is 0 Å². The van der Waals surface area contributed by atoms with Crippen molar-refractivity contribution in [2.24, 2.45) is 10.2 Å². The zero-order valence-corrected chi connectivity index (χ0v) is 13.5. The van der Waals surface area contributed by atoms with Gasteiger partial charge in [0.2, 0.25) is 0 Å². The van der Waals surface area contributed by atoms with Crippen LogP contribution in [0.5, 0.6) is 0 Å². The largest absolute Gasteiger partial charge is 0.329 e. The number of carbonyl (C=O) groups excluding carboxylic acids is 1. The molecule has 1 fully saturated rings. The van der Waals surface area contributed by atoms with Crippen molar-refractivity contribution >= 4 is 35.5 Å². The van der Waals surface area contributed by atoms with E-state index in [1.165, 1.54) is 0 Å². The highest BCUT2D eigenvalue weighted by Gasteiger charge is 2.32. The first-order valence-electron chi connectivity index (χ1n) is 7.24. The van der Waals surface area contributed by atoms with Crippen LogP contribution in [0.2, 0.25) is 0 Å². The lowest BCUT2D eigenvalue weighted by molar-refractivity contribution is 0.256. The van der Waals surface area contributed by atoms with Crippen molar-refractivity contribution in [2.45, 2.75) is 13.5 Å². The molecule has 0 bridgehead atoms. The molecule has 0 unspecified atom stereocenters. The summed E-state index contributed by atoms with van der Waals surface area (Å²) in [6.45, 7) is 3.93. The maximum absolute atomic E-state index is 12.7. The topological polar surface area (TPSA) is 61.2 Å². The Kier molecular flexibility index (Phi) is 4.00. The molecule has 1 saturated heterocycles. The number of hydrogen-bond donors (Lipinski definition) is 0. The van der Waals surface area contributed by atoms with Gasteiger partial charge in [0, 0.05) is 30.5 Å². The third kappa shape index (κ3) is 2.55. The summed E-state index contributed by atoms with van der Waals surface area (Å²) >= 11 is 0. The molecule has 1 aromatic carbocycles. The summed E-state index contributed by atoms with van der Waals surface area (Å²) in [5.74, 6) is 0. The molecule has 2 aliphatic heterocycles. The molecule has 2 amide bonds. The van der Waals surface area contributed by atoms with Gasteiger partial charge in [0.05, 0.1) is 24.1 Å². The molecule has 4 rings (SSSR count). The molecule has 7 heteroatoms. The molecule has 0 spiro atoms. The summed E-state index contributed by atoms with van der Waals surface area (Å²) in [7, 11) is 0. The van der Waals surface area contributed by atoms with Crippen LogP contribution in [-0.4, -0.2) is 24.1 Å². The van der Waals surface area contributed by atoms with Gasteiger partial charge in [-0.15, -0.1) is 12.4 Å². The summed E-state index contributed by atoms with van der Waals surface area (Å²) in [6, 6.07) is 7.79. The number of nitrogens with zero attached hydrogens (tertiary/aromatic N) is 5. The summed E-state index contributed by atoms with van der Waals surface area (Å²) in [5.41, 5.74) is 4.76. The molecular weight excluding hydrogens is 314 g/mol. The number of anilines is 2. The van der Waals surface area contributed by atoms with Crippen molar-refractivity contribution in [2.75, 3.05) is 22.9 Å². The van der Waals surface area contributed by atoms with E-state index >= 15 is 0 Å². The van der Waals surface area contributed by atoms with Crippen LogP contribution in [0.4, 0.5) is 21.9 Å². The number of azo groups is 1. The fraction of sp³-hybridized carbons (Fsp3) is 0.250. The summed E-state index contributed by atoms with van der Waals surface area (Å²) in [6.07, 6.45) is 3.48. The van der Waals surface area contributed by atoms with Crippen LogP contribution < -0.4 is 9.80 Å². The van der Waals surface area contributed by atoms with E-state index in [9.17, 15) is 4.79 Å². The molecule has 23 heavy (non-hydrogen) atoms. The lowest BCUT2D eigenvalue weighted by Gasteiger charge is -2.20. The number of carbonyl (C=O) groups is 1. The van der Waals surface area contributed by atoms with E-state index in [2.05, 4.69) is 15.2 Å². The Morgan fingerprint density at radius 1 is 1.13 bits per heavy atom. The van der Waals surface area contributed by atoms with Gasteiger partial charge in [-0.3, -0.25) is 14.8 Å². The van der Waals surface area contributed by atoms with Gasteiger partial charge in [-0.05, 0) is 30.7 Å². The Bertz CT molecular complexity index is 792. The van der Waals surface area contributed by atoms with Gasteiger partial charge in [0.1, 0.15) is 0 Å². The third-order valence-corrected chi connectivity index (χ3v) is 4.11. The number of aromatic nitrogens is 1. The lowest BCUT2D eigenvalue weighted by Crippen LogP contribution is -2.32. The molecular formula is C16H16ClN5O. The number of aryl methyl sites for hydroxylation is 1. The Morgan fingerprint density at radius 3 is 2.78 bits per heavy atom. The highest BCUT2D eigenvalue weighted by atomic mass is 35.5. The summed E-state index contributed by atoms with van der Waals surface area (Å²) < 4.78 is 0. The number of hydrogen-bond acceptors (Lipinski definition) is 4. The average Bonchev–Trinajstić information content (AvgIpc) is 3.13. The molecule has 0 atom stereocenters. The van der Waals surface area contributed by atoms with E-state index < -0.39 is 0 Å². The van der Waals surface area contributed by atoms with Crippen molar-refractivity contribution in [1.82, 2.24) is 4.98 Å². The quantitative estimate of drug-likeness (QED) is 0.840. The van der Waals surface area contributed by atoms with Gasteiger partial charge in [0.25, 0.3) is 0 Å². The van der Waals surface area contributed by atoms with Crippen LogP contribution in [-0.2, 0) is 6.54 Å². The third-order valence-electron chi connectivity index (χ3n) is 4.11. The van der Waals surface area contributed by atoms with Crippen LogP contribution in [0.3, 0.4) is 0 Å². The molecule has 2 aromatic rings. The van der Waals surface area contributed by atoms with Gasteiger partial charge in [-0.2, -0.15) is 10.2 Å². The van der Waals surface area contributed by atoms with Crippen LogP contribution in [0.25, 0.3) is 0 Å². The normalized spacial score (nSPS) is 15.8. The minimum Gasteiger partial charge on any atom is -0.292 e. The minimum absolute atomic E-state index is 0. The Labute approximate surface area is 140 Å². The van der Waals surface area contributed by atoms with Gasteiger partial charge in [-0.1, -0.05) is 6.07 Å². The number of urea groups is 1. The molecule has 3 heterocycles. The van der Waals surface area contributed by atoms with Crippen molar-refractivity contribution in [3.05, 3.63) is 47.8 Å². The average molecular weight is 330 g/mol. The Balaban J connectivity index is 0.00000156. The Morgan fingerprint density at radius 2 is 1.96 bits per heavy atom. The highest BCUT2D eigenvalue weighted by molar-refractivity contribution is 6.06. The molecule has 6 nitrogen and oxygen atoms in total. The zero-order valence-electron chi connectivity index (χ0n) is 12.6. The van der Waals surface area contributed by atoms with Crippen molar-refractivity contribution < 1.29 is 4.79 Å². The molecule has 118 valence electrons. The minimum atomic E-state index is -0.0222. The predicted molar refractivity (Wildman–Crippen MR) is 91.0 cm³/mol. The standard InChI is InChI=1S/C16H15N5O.ClH/c1-11-4-5-17-10-15(11)21-7-6-20(16(21)22)13-3-2-12-9-18-19-14(12)8-13;/h2-5,8,10H,6-7,9H2,1H3;1H.